The lowest BCUT2D eigenvalue weighted by atomic mass is 9.83. The number of methoxy groups -OCH3 is 1. The highest BCUT2D eigenvalue weighted by Crippen LogP contribution is 2.45. The van der Waals surface area contributed by atoms with Gasteiger partial charge in [-0.3, -0.25) is 0 Å². The lowest BCUT2D eigenvalue weighted by Crippen LogP contribution is -2.21. The molecular weight excluding hydrogens is 516 g/mol. The van der Waals surface area contributed by atoms with Crippen LogP contribution in [0.25, 0.3) is 6.08 Å². The number of rotatable bonds is 9. The molecule has 7 nitrogen and oxygen atoms in total. The lowest BCUT2D eigenvalue weighted by Gasteiger charge is -2.27. The zero-order chi connectivity index (χ0) is 29.6. The maximum atomic E-state index is 12.6. The van der Waals surface area contributed by atoms with Crippen LogP contribution in [0.3, 0.4) is 0 Å². The Bertz CT molecular complexity index is 1510. The van der Waals surface area contributed by atoms with Crippen molar-refractivity contribution in [3.05, 3.63) is 100 Å². The molecule has 0 aliphatic carbocycles. The summed E-state index contributed by atoms with van der Waals surface area (Å²) >= 11 is 0. The number of carbonyl (C=O) groups is 1. The fourth-order valence-corrected chi connectivity index (χ4v) is 4.56. The van der Waals surface area contributed by atoms with E-state index >= 15 is 0 Å². The van der Waals surface area contributed by atoms with Gasteiger partial charge in [-0.05, 0) is 52.8 Å². The van der Waals surface area contributed by atoms with Crippen LogP contribution in [0.5, 0.6) is 23.0 Å². The van der Waals surface area contributed by atoms with Crippen molar-refractivity contribution in [3.8, 4) is 29.1 Å². The Balaban J connectivity index is 1.55. The van der Waals surface area contributed by atoms with Gasteiger partial charge >= 0.3 is 5.97 Å². The van der Waals surface area contributed by atoms with Gasteiger partial charge in [0.15, 0.2) is 11.5 Å². The van der Waals surface area contributed by atoms with Crippen molar-refractivity contribution in [3.63, 3.8) is 0 Å². The predicted molar refractivity (Wildman–Crippen MR) is 159 cm³/mol. The molecule has 0 fully saturated rings. The van der Waals surface area contributed by atoms with Gasteiger partial charge in [0.25, 0.3) is 0 Å². The van der Waals surface area contributed by atoms with Crippen LogP contribution in [0.1, 0.15) is 68.7 Å². The number of unbranched alkanes of at least 4 members (excludes halogenated alkanes) is 1. The second-order valence-electron chi connectivity index (χ2n) is 10.9. The Morgan fingerprint density at radius 3 is 2.49 bits per heavy atom. The number of fused-ring (bicyclic) bond motifs is 1. The number of nitrogens with two attached hydrogens (primary N) is 1. The summed E-state index contributed by atoms with van der Waals surface area (Å²) in [5, 5.41) is 9.92. The van der Waals surface area contributed by atoms with Crippen molar-refractivity contribution in [2.45, 2.75) is 51.9 Å². The standard InChI is InChI=1S/C34H36N2O5/c1-6-7-18-39-28-16-11-23(19-30(28)38-5)32-26-15-14-25(20-29(26)41-33(36)27(32)21-35)40-31(37)17-10-22-8-12-24(13-9-22)34(2,3)4/h8-17,19-20,32H,6-7,18,36H2,1-5H3/b17-10+. The Morgan fingerprint density at radius 1 is 1.07 bits per heavy atom. The minimum absolute atomic E-state index is 0.00526. The highest BCUT2D eigenvalue weighted by molar-refractivity contribution is 5.88. The maximum Gasteiger partial charge on any atom is 0.336 e. The van der Waals surface area contributed by atoms with Crippen LogP contribution in [-0.4, -0.2) is 19.7 Å². The molecule has 0 amide bonds. The minimum Gasteiger partial charge on any atom is -0.493 e. The quantitative estimate of drug-likeness (QED) is 0.132. The molecule has 41 heavy (non-hydrogen) atoms. The van der Waals surface area contributed by atoms with Crippen LogP contribution in [-0.2, 0) is 10.2 Å². The third-order valence-electron chi connectivity index (χ3n) is 6.87. The second-order valence-corrected chi connectivity index (χ2v) is 10.9. The zero-order valence-corrected chi connectivity index (χ0v) is 24.2. The number of benzene rings is 3. The van der Waals surface area contributed by atoms with E-state index in [0.717, 1.165) is 24.0 Å². The van der Waals surface area contributed by atoms with Crippen LogP contribution < -0.4 is 24.7 Å². The highest BCUT2D eigenvalue weighted by atomic mass is 16.5. The van der Waals surface area contributed by atoms with Crippen molar-refractivity contribution >= 4 is 12.0 Å². The summed E-state index contributed by atoms with van der Waals surface area (Å²) in [5.74, 6) is 0.867. The molecule has 0 aromatic heterocycles. The molecular formula is C34H36N2O5. The first-order valence-corrected chi connectivity index (χ1v) is 13.7. The van der Waals surface area contributed by atoms with E-state index in [9.17, 15) is 10.1 Å². The van der Waals surface area contributed by atoms with Crippen molar-refractivity contribution in [1.29, 1.82) is 5.26 Å². The number of carbonyl (C=O) groups excluding carboxylic acids is 1. The van der Waals surface area contributed by atoms with Crippen LogP contribution in [0, 0.1) is 11.3 Å². The first kappa shape index (κ1) is 29.3. The Morgan fingerprint density at radius 2 is 1.83 bits per heavy atom. The molecule has 1 aliphatic heterocycles. The summed E-state index contributed by atoms with van der Waals surface area (Å²) < 4.78 is 22.8. The molecule has 4 rings (SSSR count). The van der Waals surface area contributed by atoms with Gasteiger partial charge in [-0.1, -0.05) is 70.5 Å². The summed E-state index contributed by atoms with van der Waals surface area (Å²) in [5.41, 5.74) is 10.1. The van der Waals surface area contributed by atoms with Gasteiger partial charge in [0.1, 0.15) is 23.1 Å². The molecule has 0 saturated carbocycles. The summed E-state index contributed by atoms with van der Waals surface area (Å²) in [4.78, 5) is 12.6. The van der Waals surface area contributed by atoms with Gasteiger partial charge in [-0.15, -0.1) is 0 Å². The fourth-order valence-electron chi connectivity index (χ4n) is 4.56. The molecule has 1 unspecified atom stereocenters. The number of esters is 1. The van der Waals surface area contributed by atoms with E-state index in [4.69, 9.17) is 24.7 Å². The number of nitrogens with zero attached hydrogens (tertiary/aromatic N) is 1. The topological polar surface area (TPSA) is 104 Å². The molecule has 3 aromatic rings. The average molecular weight is 553 g/mol. The molecule has 2 N–H and O–H groups in total. The molecule has 0 bridgehead atoms. The number of hydrogen-bond donors (Lipinski definition) is 1. The van der Waals surface area contributed by atoms with E-state index < -0.39 is 11.9 Å². The SMILES string of the molecule is CCCCOc1ccc(C2C(C#N)=C(N)Oc3cc(OC(=O)/C=C/c4ccc(C(C)(C)C)cc4)ccc32)cc1OC. The molecule has 1 heterocycles. The predicted octanol–water partition coefficient (Wildman–Crippen LogP) is 7.01. The molecule has 1 atom stereocenters. The van der Waals surface area contributed by atoms with Crippen LogP contribution in [0.15, 0.2) is 78.2 Å². The molecule has 3 aromatic carbocycles. The van der Waals surface area contributed by atoms with Gasteiger partial charge in [-0.2, -0.15) is 5.26 Å². The van der Waals surface area contributed by atoms with Gasteiger partial charge in [0, 0.05) is 17.7 Å². The van der Waals surface area contributed by atoms with Crippen molar-refractivity contribution in [1.82, 2.24) is 0 Å². The smallest absolute Gasteiger partial charge is 0.336 e. The molecule has 0 spiro atoms. The first-order chi connectivity index (χ1) is 19.6. The summed E-state index contributed by atoms with van der Waals surface area (Å²) in [6.45, 7) is 9.15. The monoisotopic (exact) mass is 552 g/mol. The number of ether oxygens (including phenoxy) is 4. The van der Waals surface area contributed by atoms with Gasteiger partial charge in [-0.25, -0.2) is 4.79 Å². The fraction of sp³-hybridized carbons (Fsp3) is 0.294. The third-order valence-corrected chi connectivity index (χ3v) is 6.87. The van der Waals surface area contributed by atoms with Crippen LogP contribution >= 0.6 is 0 Å². The highest BCUT2D eigenvalue weighted by Gasteiger charge is 2.31. The molecule has 0 radical (unpaired) electrons. The summed E-state index contributed by atoms with van der Waals surface area (Å²) in [7, 11) is 1.58. The molecule has 0 saturated heterocycles. The largest absolute Gasteiger partial charge is 0.493 e. The van der Waals surface area contributed by atoms with Crippen molar-refractivity contribution in [2.75, 3.05) is 13.7 Å². The van der Waals surface area contributed by atoms with E-state index in [0.29, 0.717) is 35.2 Å². The number of allylic oxidation sites excluding steroid dienone is 1. The van der Waals surface area contributed by atoms with Gasteiger partial charge in [0.05, 0.1) is 19.6 Å². The first-order valence-electron chi connectivity index (χ1n) is 13.7. The van der Waals surface area contributed by atoms with Gasteiger partial charge < -0.3 is 24.7 Å². The number of nitriles is 1. The minimum atomic E-state index is -0.526. The maximum absolute atomic E-state index is 12.6. The molecule has 1 aliphatic rings. The Hall–Kier alpha value is -4.70. The average Bonchev–Trinajstić information content (AvgIpc) is 2.95. The second kappa shape index (κ2) is 12.6. The van der Waals surface area contributed by atoms with Gasteiger partial charge in [0.2, 0.25) is 5.88 Å². The Kier molecular flexibility index (Phi) is 9.04. The zero-order valence-electron chi connectivity index (χ0n) is 24.2. The van der Waals surface area contributed by atoms with Crippen LogP contribution in [0.2, 0.25) is 0 Å². The number of hydrogen-bond acceptors (Lipinski definition) is 7. The Labute approximate surface area is 241 Å². The lowest BCUT2D eigenvalue weighted by molar-refractivity contribution is -0.128. The van der Waals surface area contributed by atoms with Crippen LogP contribution in [0.4, 0.5) is 0 Å². The van der Waals surface area contributed by atoms with E-state index in [2.05, 4.69) is 45.9 Å². The molecule has 212 valence electrons. The molecule has 7 heteroatoms. The summed E-state index contributed by atoms with van der Waals surface area (Å²) in [6, 6.07) is 20.9. The normalized spacial score (nSPS) is 14.7. The van der Waals surface area contributed by atoms with E-state index in [1.165, 1.54) is 11.6 Å². The van der Waals surface area contributed by atoms with E-state index in [1.54, 1.807) is 31.4 Å². The van der Waals surface area contributed by atoms with E-state index in [-0.39, 0.29) is 16.9 Å². The van der Waals surface area contributed by atoms with Crippen molar-refractivity contribution < 1.29 is 23.7 Å². The summed E-state index contributed by atoms with van der Waals surface area (Å²) in [6.07, 6.45) is 5.05. The van der Waals surface area contributed by atoms with Crippen molar-refractivity contribution in [2.24, 2.45) is 5.73 Å². The third kappa shape index (κ3) is 6.90. The van der Waals surface area contributed by atoms with E-state index in [1.807, 2.05) is 30.3 Å².